The third-order valence-electron chi connectivity index (χ3n) is 3.71. The summed E-state index contributed by atoms with van der Waals surface area (Å²) in [6.07, 6.45) is 4.61. The molecule has 0 spiro atoms. The average Bonchev–Trinajstić information content (AvgIpc) is 3.31. The molecule has 0 aliphatic rings. The number of hydrogen-bond acceptors (Lipinski definition) is 6. The Hall–Kier alpha value is -3.19. The van der Waals surface area contributed by atoms with Gasteiger partial charge >= 0.3 is 0 Å². The van der Waals surface area contributed by atoms with Gasteiger partial charge in [-0.1, -0.05) is 0 Å². The molecule has 0 saturated carbocycles. The maximum absolute atomic E-state index is 12.8. The van der Waals surface area contributed by atoms with E-state index in [9.17, 15) is 4.79 Å². The Bertz CT molecular complexity index is 1090. The Kier molecular flexibility index (Phi) is 3.91. The van der Waals surface area contributed by atoms with Crippen molar-refractivity contribution >= 4 is 27.8 Å². The highest BCUT2D eigenvalue weighted by atomic mass is 32.1. The molecule has 0 N–H and O–H groups in total. The van der Waals surface area contributed by atoms with E-state index in [2.05, 4.69) is 10.1 Å². The fourth-order valence-electron chi connectivity index (χ4n) is 2.44. The van der Waals surface area contributed by atoms with Crippen molar-refractivity contribution in [3.63, 3.8) is 0 Å². The molecule has 0 fully saturated rings. The number of benzene rings is 1. The maximum Gasteiger partial charge on any atom is 0.283 e. The number of methoxy groups -OCH3 is 1. The molecule has 25 heavy (non-hydrogen) atoms. The molecule has 1 aromatic carbocycles. The van der Waals surface area contributed by atoms with Crippen LogP contribution in [0.4, 0.5) is 0 Å². The molecule has 124 valence electrons. The first kappa shape index (κ1) is 15.3. The van der Waals surface area contributed by atoms with Crippen LogP contribution in [0.1, 0.15) is 5.56 Å². The van der Waals surface area contributed by atoms with E-state index < -0.39 is 0 Å². The number of thiophene rings is 1. The molecule has 4 aromatic rings. The van der Waals surface area contributed by atoms with E-state index in [1.807, 2.05) is 35.7 Å². The zero-order chi connectivity index (χ0) is 17.2. The van der Waals surface area contributed by atoms with Gasteiger partial charge in [0.05, 0.1) is 25.0 Å². The van der Waals surface area contributed by atoms with Crippen LogP contribution in [-0.4, -0.2) is 23.0 Å². The maximum atomic E-state index is 12.8. The van der Waals surface area contributed by atoms with Gasteiger partial charge in [0.15, 0.2) is 0 Å². The topological polar surface area (TPSA) is 69.6 Å². The lowest BCUT2D eigenvalue weighted by molar-refractivity contribution is 0.415. The summed E-state index contributed by atoms with van der Waals surface area (Å²) in [6, 6.07) is 11.0. The summed E-state index contributed by atoms with van der Waals surface area (Å²) < 4.78 is 11.8. The van der Waals surface area contributed by atoms with Crippen LogP contribution in [0.15, 0.2) is 68.7 Å². The molecule has 6 nitrogen and oxygen atoms in total. The minimum atomic E-state index is -0.234. The molecule has 7 heteroatoms. The minimum Gasteiger partial charge on any atom is -0.497 e. The van der Waals surface area contributed by atoms with E-state index in [4.69, 9.17) is 9.15 Å². The molecule has 3 heterocycles. The molecule has 0 amide bonds. The van der Waals surface area contributed by atoms with Crippen LogP contribution in [0, 0.1) is 0 Å². The fourth-order valence-corrected chi connectivity index (χ4v) is 3.32. The Balaban J connectivity index is 1.75. The van der Waals surface area contributed by atoms with E-state index in [1.165, 1.54) is 22.3 Å². The van der Waals surface area contributed by atoms with Crippen LogP contribution >= 0.6 is 11.3 Å². The molecule has 0 atom stereocenters. The third-order valence-corrected chi connectivity index (χ3v) is 4.60. The van der Waals surface area contributed by atoms with Crippen molar-refractivity contribution in [3.8, 4) is 17.1 Å². The molecule has 0 radical (unpaired) electrons. The van der Waals surface area contributed by atoms with E-state index >= 15 is 0 Å². The van der Waals surface area contributed by atoms with Crippen LogP contribution in [0.3, 0.4) is 0 Å². The monoisotopic (exact) mass is 351 g/mol. The smallest absolute Gasteiger partial charge is 0.283 e. The molecule has 0 aliphatic carbocycles. The Morgan fingerprint density at radius 2 is 2.12 bits per heavy atom. The first-order valence-corrected chi connectivity index (χ1v) is 8.35. The van der Waals surface area contributed by atoms with Crippen molar-refractivity contribution in [2.45, 2.75) is 0 Å². The van der Waals surface area contributed by atoms with Crippen molar-refractivity contribution in [3.05, 3.63) is 70.3 Å². The van der Waals surface area contributed by atoms with Gasteiger partial charge in [-0.2, -0.15) is 9.78 Å². The van der Waals surface area contributed by atoms with Gasteiger partial charge in [-0.15, -0.1) is 11.3 Å². The summed E-state index contributed by atoms with van der Waals surface area (Å²) in [5.41, 5.74) is 1.35. The number of fused-ring (bicyclic) bond motifs is 1. The van der Waals surface area contributed by atoms with Crippen molar-refractivity contribution < 1.29 is 9.15 Å². The van der Waals surface area contributed by atoms with Crippen LogP contribution in [0.2, 0.25) is 0 Å². The number of hydrogen-bond donors (Lipinski definition) is 0. The Morgan fingerprint density at radius 3 is 2.84 bits per heavy atom. The van der Waals surface area contributed by atoms with Gasteiger partial charge in [0.2, 0.25) is 0 Å². The zero-order valence-corrected chi connectivity index (χ0v) is 14.1. The third kappa shape index (κ3) is 2.85. The quantitative estimate of drug-likeness (QED) is 0.527. The van der Waals surface area contributed by atoms with Gasteiger partial charge in [0.1, 0.15) is 22.7 Å². The van der Waals surface area contributed by atoms with Crippen molar-refractivity contribution in [1.29, 1.82) is 0 Å². The first-order chi connectivity index (χ1) is 12.3. The number of nitrogens with zero attached hydrogens (tertiary/aromatic N) is 3. The largest absolute Gasteiger partial charge is 0.497 e. The second-order valence-electron chi connectivity index (χ2n) is 5.22. The second kappa shape index (κ2) is 6.37. The average molecular weight is 351 g/mol. The van der Waals surface area contributed by atoms with Crippen LogP contribution in [-0.2, 0) is 0 Å². The van der Waals surface area contributed by atoms with Gasteiger partial charge in [0, 0.05) is 10.9 Å². The van der Waals surface area contributed by atoms with Crippen molar-refractivity contribution in [2.75, 3.05) is 7.11 Å². The molecule has 3 aromatic heterocycles. The Labute approximate surface area is 146 Å². The highest BCUT2D eigenvalue weighted by Crippen LogP contribution is 2.30. The van der Waals surface area contributed by atoms with E-state index in [1.54, 1.807) is 25.7 Å². The van der Waals surface area contributed by atoms with Gasteiger partial charge < -0.3 is 9.15 Å². The van der Waals surface area contributed by atoms with Crippen molar-refractivity contribution in [1.82, 2.24) is 9.66 Å². The van der Waals surface area contributed by atoms with Crippen LogP contribution < -0.4 is 10.3 Å². The lowest BCUT2D eigenvalue weighted by atomic mass is 10.2. The highest BCUT2D eigenvalue weighted by Gasteiger charge is 2.14. The predicted octanol–water partition coefficient (Wildman–Crippen LogP) is 3.61. The molecular formula is C18H13N3O3S. The van der Waals surface area contributed by atoms with Crippen molar-refractivity contribution in [2.24, 2.45) is 5.10 Å². The summed E-state index contributed by atoms with van der Waals surface area (Å²) in [5, 5.41) is 6.61. The molecule has 0 unspecified atom stereocenters. The molecule has 0 bridgehead atoms. The normalized spacial score (nSPS) is 11.4. The number of ether oxygens (including phenoxy) is 1. The van der Waals surface area contributed by atoms with E-state index in [-0.39, 0.29) is 5.56 Å². The summed E-state index contributed by atoms with van der Waals surface area (Å²) in [4.78, 5) is 17.8. The van der Waals surface area contributed by atoms with Gasteiger partial charge in [-0.05, 0) is 42.0 Å². The standard InChI is InChI=1S/C18H13N3O3S/c1-23-13-6-4-12(5-7-13)9-20-21-11-19-17-16(18(21)22)14(10-25-17)15-3-2-8-24-15/h2-11H,1H3/b20-9-. The van der Waals surface area contributed by atoms with Gasteiger partial charge in [-0.25, -0.2) is 4.98 Å². The SMILES string of the molecule is COc1ccc(/C=N\n2cnc3scc(-c4ccco4)c3c2=O)cc1. The first-order valence-electron chi connectivity index (χ1n) is 7.47. The molecule has 0 aliphatic heterocycles. The van der Waals surface area contributed by atoms with Gasteiger partial charge in [-0.3, -0.25) is 4.79 Å². The Morgan fingerprint density at radius 1 is 1.28 bits per heavy atom. The van der Waals surface area contributed by atoms with E-state index in [0.29, 0.717) is 16.0 Å². The lowest BCUT2D eigenvalue weighted by Crippen LogP contribution is -2.16. The molecular weight excluding hydrogens is 338 g/mol. The lowest BCUT2D eigenvalue weighted by Gasteiger charge is -2.00. The van der Waals surface area contributed by atoms with E-state index in [0.717, 1.165) is 16.9 Å². The fraction of sp³-hybridized carbons (Fsp3) is 0.0556. The number of furan rings is 1. The zero-order valence-electron chi connectivity index (χ0n) is 13.2. The van der Waals surface area contributed by atoms with Crippen LogP contribution in [0.5, 0.6) is 5.75 Å². The summed E-state index contributed by atoms with van der Waals surface area (Å²) in [5.74, 6) is 1.40. The minimum absolute atomic E-state index is 0.234. The highest BCUT2D eigenvalue weighted by molar-refractivity contribution is 7.17. The molecule has 4 rings (SSSR count). The number of aromatic nitrogens is 2. The predicted molar refractivity (Wildman–Crippen MR) is 97.6 cm³/mol. The van der Waals surface area contributed by atoms with Crippen LogP contribution in [0.25, 0.3) is 21.5 Å². The summed E-state index contributed by atoms with van der Waals surface area (Å²) in [6.45, 7) is 0. The van der Waals surface area contributed by atoms with Gasteiger partial charge in [0.25, 0.3) is 5.56 Å². The second-order valence-corrected chi connectivity index (χ2v) is 6.08. The summed E-state index contributed by atoms with van der Waals surface area (Å²) >= 11 is 1.40. The summed E-state index contributed by atoms with van der Waals surface area (Å²) in [7, 11) is 1.61. The molecule has 0 saturated heterocycles. The number of rotatable bonds is 4.